The maximum Gasteiger partial charge on any atom is 0.00390 e. The van der Waals surface area contributed by atoms with Crippen LogP contribution in [0, 0.1) is 11.8 Å². The van der Waals surface area contributed by atoms with Crippen molar-refractivity contribution in [3.8, 4) is 0 Å². The minimum Gasteiger partial charge on any atom is -0.328 e. The summed E-state index contributed by atoms with van der Waals surface area (Å²) >= 11 is 0. The lowest BCUT2D eigenvalue weighted by Gasteiger charge is -2.32. The lowest BCUT2D eigenvalue weighted by atomic mass is 9.86. The zero-order chi connectivity index (χ0) is 12.7. The third-order valence-corrected chi connectivity index (χ3v) is 4.53. The molecule has 0 atom stereocenters. The first-order valence-corrected chi connectivity index (χ1v) is 7.67. The molecule has 0 aliphatic heterocycles. The van der Waals surface area contributed by atoms with Crippen molar-refractivity contribution in [2.45, 2.75) is 65.3 Å². The second-order valence-electron chi connectivity index (χ2n) is 5.82. The SMILES string of the molecule is CCC(CC)CN(CC)CC1CCC(N)CC1. The van der Waals surface area contributed by atoms with Gasteiger partial charge >= 0.3 is 0 Å². The number of nitrogens with zero attached hydrogens (tertiary/aromatic N) is 1. The standard InChI is InChI=1S/C15H32N2/c1-4-13(5-2)11-17(6-3)12-14-7-9-15(16)10-8-14/h13-15H,4-12,16H2,1-3H3. The molecule has 1 rings (SSSR count). The first kappa shape index (κ1) is 15.0. The Balaban J connectivity index is 2.30. The average Bonchev–Trinajstić information content (AvgIpc) is 2.37. The average molecular weight is 240 g/mol. The highest BCUT2D eigenvalue weighted by Crippen LogP contribution is 2.24. The minimum absolute atomic E-state index is 0.486. The van der Waals surface area contributed by atoms with Crippen LogP contribution in [0.25, 0.3) is 0 Å². The van der Waals surface area contributed by atoms with E-state index in [-0.39, 0.29) is 0 Å². The highest BCUT2D eigenvalue weighted by molar-refractivity contribution is 4.77. The van der Waals surface area contributed by atoms with Gasteiger partial charge in [0.1, 0.15) is 0 Å². The molecule has 1 saturated carbocycles. The lowest BCUT2D eigenvalue weighted by molar-refractivity contribution is 0.175. The molecule has 1 fully saturated rings. The summed E-state index contributed by atoms with van der Waals surface area (Å²) in [6.07, 6.45) is 7.83. The van der Waals surface area contributed by atoms with Gasteiger partial charge in [0.2, 0.25) is 0 Å². The highest BCUT2D eigenvalue weighted by Gasteiger charge is 2.21. The molecule has 2 heteroatoms. The van der Waals surface area contributed by atoms with Crippen LogP contribution in [-0.4, -0.2) is 30.6 Å². The van der Waals surface area contributed by atoms with Gasteiger partial charge in [-0.3, -0.25) is 0 Å². The van der Waals surface area contributed by atoms with Crippen molar-refractivity contribution in [2.24, 2.45) is 17.6 Å². The van der Waals surface area contributed by atoms with Gasteiger partial charge in [0, 0.05) is 19.1 Å². The maximum absolute atomic E-state index is 5.97. The number of nitrogens with two attached hydrogens (primary N) is 1. The molecule has 2 N–H and O–H groups in total. The molecule has 0 aromatic carbocycles. The van der Waals surface area contributed by atoms with Crippen LogP contribution in [0.1, 0.15) is 59.3 Å². The van der Waals surface area contributed by atoms with E-state index in [9.17, 15) is 0 Å². The van der Waals surface area contributed by atoms with E-state index in [1.54, 1.807) is 0 Å². The van der Waals surface area contributed by atoms with Crippen LogP contribution >= 0.6 is 0 Å². The fourth-order valence-electron chi connectivity index (χ4n) is 2.98. The van der Waals surface area contributed by atoms with Gasteiger partial charge in [-0.15, -0.1) is 0 Å². The normalized spacial score (nSPS) is 25.8. The molecule has 2 nitrogen and oxygen atoms in total. The molecular formula is C15H32N2. The van der Waals surface area contributed by atoms with Gasteiger partial charge in [0.15, 0.2) is 0 Å². The quantitative estimate of drug-likeness (QED) is 0.740. The molecular weight excluding hydrogens is 208 g/mol. The van der Waals surface area contributed by atoms with Crippen LogP contribution in [0.3, 0.4) is 0 Å². The Bertz CT molecular complexity index is 181. The van der Waals surface area contributed by atoms with Crippen LogP contribution < -0.4 is 5.73 Å². The summed E-state index contributed by atoms with van der Waals surface area (Å²) in [4.78, 5) is 2.67. The molecule has 1 aliphatic rings. The van der Waals surface area contributed by atoms with Gasteiger partial charge in [0.25, 0.3) is 0 Å². The molecule has 17 heavy (non-hydrogen) atoms. The molecule has 0 aromatic rings. The Kier molecular flexibility index (Phi) is 7.14. The predicted octanol–water partition coefficient (Wildman–Crippen LogP) is 3.26. The fraction of sp³-hybridized carbons (Fsp3) is 1.00. The van der Waals surface area contributed by atoms with E-state index in [1.165, 1.54) is 58.2 Å². The number of rotatable bonds is 7. The van der Waals surface area contributed by atoms with E-state index in [1.807, 2.05) is 0 Å². The van der Waals surface area contributed by atoms with Gasteiger partial charge < -0.3 is 10.6 Å². The van der Waals surface area contributed by atoms with Crippen LogP contribution in [0.5, 0.6) is 0 Å². The van der Waals surface area contributed by atoms with Gasteiger partial charge in [-0.05, 0) is 44.1 Å². The zero-order valence-corrected chi connectivity index (χ0v) is 12.1. The van der Waals surface area contributed by atoms with Gasteiger partial charge in [-0.1, -0.05) is 33.6 Å². The van der Waals surface area contributed by atoms with E-state index >= 15 is 0 Å². The van der Waals surface area contributed by atoms with E-state index in [0.29, 0.717) is 6.04 Å². The monoisotopic (exact) mass is 240 g/mol. The van der Waals surface area contributed by atoms with Gasteiger partial charge in [0.05, 0.1) is 0 Å². The molecule has 0 heterocycles. The summed E-state index contributed by atoms with van der Waals surface area (Å²) in [7, 11) is 0. The topological polar surface area (TPSA) is 29.3 Å². The molecule has 0 aromatic heterocycles. The Hall–Kier alpha value is -0.0800. The Morgan fingerprint density at radius 2 is 1.65 bits per heavy atom. The van der Waals surface area contributed by atoms with Crippen LogP contribution in [-0.2, 0) is 0 Å². The third kappa shape index (κ3) is 5.39. The zero-order valence-electron chi connectivity index (χ0n) is 12.1. The molecule has 0 saturated heterocycles. The summed E-state index contributed by atoms with van der Waals surface area (Å²) in [6, 6.07) is 0.486. The van der Waals surface area contributed by atoms with E-state index in [4.69, 9.17) is 5.73 Å². The second-order valence-corrected chi connectivity index (χ2v) is 5.82. The second kappa shape index (κ2) is 8.10. The first-order chi connectivity index (χ1) is 8.19. The molecule has 0 radical (unpaired) electrons. The van der Waals surface area contributed by atoms with Gasteiger partial charge in [-0.2, -0.15) is 0 Å². The fourth-order valence-corrected chi connectivity index (χ4v) is 2.98. The minimum atomic E-state index is 0.486. The number of hydrogen-bond acceptors (Lipinski definition) is 2. The lowest BCUT2D eigenvalue weighted by Crippen LogP contribution is -2.36. The van der Waals surface area contributed by atoms with Crippen molar-refractivity contribution in [3.63, 3.8) is 0 Å². The first-order valence-electron chi connectivity index (χ1n) is 7.67. The Morgan fingerprint density at radius 3 is 2.12 bits per heavy atom. The predicted molar refractivity (Wildman–Crippen MR) is 76.1 cm³/mol. The Morgan fingerprint density at radius 1 is 1.06 bits per heavy atom. The molecule has 1 aliphatic carbocycles. The Labute approximate surface area is 108 Å². The highest BCUT2D eigenvalue weighted by atomic mass is 15.1. The summed E-state index contributed by atoms with van der Waals surface area (Å²) in [6.45, 7) is 10.8. The van der Waals surface area contributed by atoms with E-state index < -0.39 is 0 Å². The van der Waals surface area contributed by atoms with E-state index in [2.05, 4.69) is 25.7 Å². The van der Waals surface area contributed by atoms with Crippen molar-refractivity contribution < 1.29 is 0 Å². The third-order valence-electron chi connectivity index (χ3n) is 4.53. The molecule has 0 bridgehead atoms. The maximum atomic E-state index is 5.97. The van der Waals surface area contributed by atoms with E-state index in [0.717, 1.165) is 11.8 Å². The summed E-state index contributed by atoms with van der Waals surface area (Å²) in [5, 5.41) is 0. The molecule has 0 amide bonds. The summed E-state index contributed by atoms with van der Waals surface area (Å²) in [5.41, 5.74) is 5.97. The van der Waals surface area contributed by atoms with Crippen LogP contribution in [0.4, 0.5) is 0 Å². The van der Waals surface area contributed by atoms with Crippen molar-refractivity contribution in [3.05, 3.63) is 0 Å². The van der Waals surface area contributed by atoms with Crippen molar-refractivity contribution in [2.75, 3.05) is 19.6 Å². The van der Waals surface area contributed by atoms with Gasteiger partial charge in [-0.25, -0.2) is 0 Å². The summed E-state index contributed by atoms with van der Waals surface area (Å²) < 4.78 is 0. The van der Waals surface area contributed by atoms with Crippen molar-refractivity contribution >= 4 is 0 Å². The van der Waals surface area contributed by atoms with Crippen molar-refractivity contribution in [1.29, 1.82) is 0 Å². The molecule has 0 spiro atoms. The summed E-state index contributed by atoms with van der Waals surface area (Å²) in [5.74, 6) is 1.80. The molecule has 0 unspecified atom stereocenters. The van der Waals surface area contributed by atoms with Crippen molar-refractivity contribution in [1.82, 2.24) is 4.90 Å². The van der Waals surface area contributed by atoms with Crippen LogP contribution in [0.15, 0.2) is 0 Å². The molecule has 102 valence electrons. The van der Waals surface area contributed by atoms with Crippen LogP contribution in [0.2, 0.25) is 0 Å². The smallest absolute Gasteiger partial charge is 0.00390 e. The largest absolute Gasteiger partial charge is 0.328 e. The number of hydrogen-bond donors (Lipinski definition) is 1.